The number of nitrogens with two attached hydrogens (primary N) is 1. The van der Waals surface area contributed by atoms with Crippen LogP contribution in [0.5, 0.6) is 0 Å². The van der Waals surface area contributed by atoms with E-state index in [1.165, 1.54) is 25.9 Å². The summed E-state index contributed by atoms with van der Waals surface area (Å²) < 4.78 is 0. The van der Waals surface area contributed by atoms with Crippen molar-refractivity contribution < 1.29 is 0 Å². The standard InChI is InChI=1S/C12H20N4/c1-10(9-16-6-2-3-7-16)15-12-5-4-11(13)8-14-12/h4-5,8,10H,2-3,6-7,9,13H2,1H3,(H,14,15). The lowest BCUT2D eigenvalue weighted by atomic mass is 10.3. The highest BCUT2D eigenvalue weighted by atomic mass is 15.2. The Kier molecular flexibility index (Phi) is 3.62. The normalized spacial score (nSPS) is 18.6. The molecule has 1 aliphatic heterocycles. The van der Waals surface area contributed by atoms with Crippen molar-refractivity contribution in [3.05, 3.63) is 18.3 Å². The van der Waals surface area contributed by atoms with Crippen molar-refractivity contribution in [1.82, 2.24) is 9.88 Å². The fourth-order valence-corrected chi connectivity index (χ4v) is 2.14. The molecule has 2 rings (SSSR count). The Hall–Kier alpha value is -1.29. The minimum atomic E-state index is 0.425. The van der Waals surface area contributed by atoms with Gasteiger partial charge in [0, 0.05) is 12.6 Å². The Bertz CT molecular complexity index is 316. The first-order valence-electron chi connectivity index (χ1n) is 5.94. The molecular weight excluding hydrogens is 200 g/mol. The van der Waals surface area contributed by atoms with Gasteiger partial charge in [0.1, 0.15) is 5.82 Å². The maximum atomic E-state index is 5.59. The molecule has 0 spiro atoms. The van der Waals surface area contributed by atoms with E-state index in [1.54, 1.807) is 6.20 Å². The number of pyridine rings is 1. The van der Waals surface area contributed by atoms with Gasteiger partial charge in [-0.05, 0) is 45.0 Å². The summed E-state index contributed by atoms with van der Waals surface area (Å²) in [5.41, 5.74) is 6.30. The van der Waals surface area contributed by atoms with Gasteiger partial charge in [-0.3, -0.25) is 0 Å². The van der Waals surface area contributed by atoms with E-state index in [0.29, 0.717) is 11.7 Å². The van der Waals surface area contributed by atoms with E-state index in [1.807, 2.05) is 12.1 Å². The number of hydrogen-bond acceptors (Lipinski definition) is 4. The van der Waals surface area contributed by atoms with Gasteiger partial charge in [-0.1, -0.05) is 0 Å². The quantitative estimate of drug-likeness (QED) is 0.808. The van der Waals surface area contributed by atoms with Crippen LogP contribution in [-0.4, -0.2) is 35.6 Å². The molecule has 0 bridgehead atoms. The third-order valence-electron chi connectivity index (χ3n) is 2.91. The molecule has 1 unspecified atom stereocenters. The molecule has 2 heterocycles. The summed E-state index contributed by atoms with van der Waals surface area (Å²) >= 11 is 0. The lowest BCUT2D eigenvalue weighted by Gasteiger charge is -2.21. The largest absolute Gasteiger partial charge is 0.397 e. The molecule has 4 heteroatoms. The average molecular weight is 220 g/mol. The Labute approximate surface area is 96.8 Å². The smallest absolute Gasteiger partial charge is 0.126 e. The molecule has 1 aliphatic rings. The molecule has 88 valence electrons. The molecule has 1 fully saturated rings. The van der Waals surface area contributed by atoms with Crippen molar-refractivity contribution in [1.29, 1.82) is 0 Å². The van der Waals surface area contributed by atoms with Crippen molar-refractivity contribution in [2.24, 2.45) is 0 Å². The number of hydrogen-bond donors (Lipinski definition) is 2. The Morgan fingerprint density at radius 1 is 1.44 bits per heavy atom. The van der Waals surface area contributed by atoms with Gasteiger partial charge in [0.2, 0.25) is 0 Å². The lowest BCUT2D eigenvalue weighted by molar-refractivity contribution is 0.327. The van der Waals surface area contributed by atoms with Crippen LogP contribution in [0, 0.1) is 0 Å². The molecular formula is C12H20N4. The first-order valence-corrected chi connectivity index (χ1v) is 5.94. The number of rotatable bonds is 4. The first-order chi connectivity index (χ1) is 7.74. The van der Waals surface area contributed by atoms with Crippen LogP contribution >= 0.6 is 0 Å². The van der Waals surface area contributed by atoms with Crippen molar-refractivity contribution in [2.75, 3.05) is 30.7 Å². The van der Waals surface area contributed by atoms with Gasteiger partial charge >= 0.3 is 0 Å². The maximum Gasteiger partial charge on any atom is 0.126 e. The van der Waals surface area contributed by atoms with Gasteiger partial charge in [-0.25, -0.2) is 4.98 Å². The van der Waals surface area contributed by atoms with Crippen molar-refractivity contribution in [3.8, 4) is 0 Å². The highest BCUT2D eigenvalue weighted by Gasteiger charge is 2.14. The molecule has 0 aliphatic carbocycles. The second kappa shape index (κ2) is 5.16. The van der Waals surface area contributed by atoms with Gasteiger partial charge in [-0.15, -0.1) is 0 Å². The summed E-state index contributed by atoms with van der Waals surface area (Å²) in [5.74, 6) is 0.904. The van der Waals surface area contributed by atoms with Crippen molar-refractivity contribution >= 4 is 11.5 Å². The molecule has 0 radical (unpaired) electrons. The number of aromatic nitrogens is 1. The molecule has 1 aromatic heterocycles. The van der Waals surface area contributed by atoms with Crippen LogP contribution in [0.15, 0.2) is 18.3 Å². The summed E-state index contributed by atoms with van der Waals surface area (Å²) in [6.07, 6.45) is 4.37. The summed E-state index contributed by atoms with van der Waals surface area (Å²) in [6, 6.07) is 4.22. The van der Waals surface area contributed by atoms with Gasteiger partial charge in [0.05, 0.1) is 11.9 Å². The number of nitrogen functional groups attached to an aromatic ring is 1. The molecule has 4 nitrogen and oxygen atoms in total. The first kappa shape index (κ1) is 11.2. The zero-order valence-electron chi connectivity index (χ0n) is 9.82. The average Bonchev–Trinajstić information content (AvgIpc) is 2.74. The van der Waals surface area contributed by atoms with Gasteiger partial charge in [0.25, 0.3) is 0 Å². The third kappa shape index (κ3) is 3.10. The minimum absolute atomic E-state index is 0.425. The van der Waals surface area contributed by atoms with E-state index < -0.39 is 0 Å². The maximum absolute atomic E-state index is 5.59. The van der Waals surface area contributed by atoms with Crippen LogP contribution in [0.3, 0.4) is 0 Å². The van der Waals surface area contributed by atoms with E-state index in [0.717, 1.165) is 12.4 Å². The van der Waals surface area contributed by atoms with Crippen molar-refractivity contribution in [2.45, 2.75) is 25.8 Å². The molecule has 16 heavy (non-hydrogen) atoms. The topological polar surface area (TPSA) is 54.2 Å². The number of nitrogens with one attached hydrogen (secondary N) is 1. The lowest BCUT2D eigenvalue weighted by Crippen LogP contribution is -2.33. The molecule has 0 amide bonds. The highest BCUT2D eigenvalue weighted by molar-refractivity contribution is 5.44. The van der Waals surface area contributed by atoms with Gasteiger partial charge in [-0.2, -0.15) is 0 Å². The summed E-state index contributed by atoms with van der Waals surface area (Å²) in [5, 5.41) is 3.39. The van der Waals surface area contributed by atoms with E-state index >= 15 is 0 Å². The van der Waals surface area contributed by atoms with Gasteiger partial charge in [0.15, 0.2) is 0 Å². The van der Waals surface area contributed by atoms with E-state index in [9.17, 15) is 0 Å². The molecule has 0 aromatic carbocycles. The Morgan fingerprint density at radius 2 is 2.19 bits per heavy atom. The molecule has 0 saturated carbocycles. The highest BCUT2D eigenvalue weighted by Crippen LogP contribution is 2.11. The predicted octanol–water partition coefficient (Wildman–Crippen LogP) is 1.56. The SMILES string of the molecule is CC(CN1CCCC1)Nc1ccc(N)cn1. The monoisotopic (exact) mass is 220 g/mol. The Balaban J connectivity index is 1.81. The second-order valence-corrected chi connectivity index (χ2v) is 4.53. The number of anilines is 2. The molecule has 1 saturated heterocycles. The van der Waals surface area contributed by atoms with Crippen LogP contribution in [0.25, 0.3) is 0 Å². The summed E-state index contributed by atoms with van der Waals surface area (Å²) in [6.45, 7) is 5.75. The number of likely N-dealkylation sites (tertiary alicyclic amines) is 1. The minimum Gasteiger partial charge on any atom is -0.397 e. The van der Waals surface area contributed by atoms with E-state index in [-0.39, 0.29) is 0 Å². The van der Waals surface area contributed by atoms with Crippen LogP contribution in [0.4, 0.5) is 11.5 Å². The zero-order chi connectivity index (χ0) is 11.4. The van der Waals surface area contributed by atoms with E-state index in [4.69, 9.17) is 5.73 Å². The van der Waals surface area contributed by atoms with Crippen LogP contribution in [0.2, 0.25) is 0 Å². The van der Waals surface area contributed by atoms with E-state index in [2.05, 4.69) is 22.1 Å². The van der Waals surface area contributed by atoms with Crippen LogP contribution < -0.4 is 11.1 Å². The van der Waals surface area contributed by atoms with Crippen LogP contribution in [0.1, 0.15) is 19.8 Å². The number of nitrogens with zero attached hydrogens (tertiary/aromatic N) is 2. The second-order valence-electron chi connectivity index (χ2n) is 4.53. The zero-order valence-corrected chi connectivity index (χ0v) is 9.82. The summed E-state index contributed by atoms with van der Waals surface area (Å²) in [7, 11) is 0. The van der Waals surface area contributed by atoms with Crippen molar-refractivity contribution in [3.63, 3.8) is 0 Å². The molecule has 1 atom stereocenters. The molecule has 3 N–H and O–H groups in total. The molecule has 1 aromatic rings. The fourth-order valence-electron chi connectivity index (χ4n) is 2.14. The Morgan fingerprint density at radius 3 is 2.81 bits per heavy atom. The fraction of sp³-hybridized carbons (Fsp3) is 0.583. The van der Waals surface area contributed by atoms with Crippen LogP contribution in [-0.2, 0) is 0 Å². The third-order valence-corrected chi connectivity index (χ3v) is 2.91. The summed E-state index contributed by atoms with van der Waals surface area (Å²) in [4.78, 5) is 6.73. The van der Waals surface area contributed by atoms with Gasteiger partial charge < -0.3 is 16.0 Å². The predicted molar refractivity (Wildman–Crippen MR) is 67.4 cm³/mol.